The Balaban J connectivity index is 1.60. The number of nitrogens with one attached hydrogen (secondary N) is 2. The van der Waals surface area contributed by atoms with Crippen molar-refractivity contribution in [2.45, 2.75) is 57.5 Å². The van der Waals surface area contributed by atoms with Crippen molar-refractivity contribution in [3.63, 3.8) is 0 Å². The van der Waals surface area contributed by atoms with Gasteiger partial charge in [0, 0.05) is 29.2 Å². The standard InChI is InChI=1S/C23H23ClF3N5O3/c1-2-12-9-13(17-7-8-18(24)31-20(17)35-23(25,26)27)10-14-11-28-21(32-19(12)14)29-15-3-5-16(6-4-15)30-22(33)34/h7-11,15-16,30H,2-6H2,1H3,(H,33,34)(H,28,29,32). The van der Waals surface area contributed by atoms with E-state index in [1.54, 1.807) is 18.3 Å². The number of amides is 1. The molecule has 0 unspecified atom stereocenters. The van der Waals surface area contributed by atoms with Crippen molar-refractivity contribution in [1.82, 2.24) is 20.3 Å². The van der Waals surface area contributed by atoms with Crippen LogP contribution in [-0.4, -0.2) is 44.6 Å². The highest BCUT2D eigenvalue weighted by Crippen LogP contribution is 2.36. The summed E-state index contributed by atoms with van der Waals surface area (Å²) in [4.78, 5) is 23.6. The summed E-state index contributed by atoms with van der Waals surface area (Å²) in [7, 11) is 0. The van der Waals surface area contributed by atoms with E-state index in [1.165, 1.54) is 12.1 Å². The Hall–Kier alpha value is -3.34. The van der Waals surface area contributed by atoms with E-state index in [-0.39, 0.29) is 22.8 Å². The predicted molar refractivity (Wildman–Crippen MR) is 125 cm³/mol. The minimum absolute atomic E-state index is 0.0539. The lowest BCUT2D eigenvalue weighted by Gasteiger charge is -2.28. The van der Waals surface area contributed by atoms with E-state index in [9.17, 15) is 18.0 Å². The van der Waals surface area contributed by atoms with Crippen molar-refractivity contribution in [3.05, 3.63) is 41.2 Å². The zero-order chi connectivity index (χ0) is 25.2. The molecule has 0 spiro atoms. The average Bonchev–Trinajstić information content (AvgIpc) is 2.78. The van der Waals surface area contributed by atoms with Crippen molar-refractivity contribution in [3.8, 4) is 17.0 Å². The number of pyridine rings is 1. The molecule has 2 aromatic heterocycles. The van der Waals surface area contributed by atoms with E-state index in [2.05, 4.69) is 30.3 Å². The summed E-state index contributed by atoms with van der Waals surface area (Å²) < 4.78 is 42.9. The lowest BCUT2D eigenvalue weighted by Crippen LogP contribution is -2.39. The van der Waals surface area contributed by atoms with E-state index >= 15 is 0 Å². The second-order valence-corrected chi connectivity index (χ2v) is 8.68. The summed E-state index contributed by atoms with van der Waals surface area (Å²) in [6, 6.07) is 6.35. The number of anilines is 1. The summed E-state index contributed by atoms with van der Waals surface area (Å²) >= 11 is 5.80. The van der Waals surface area contributed by atoms with Gasteiger partial charge in [-0.15, -0.1) is 13.2 Å². The van der Waals surface area contributed by atoms with Gasteiger partial charge in [0.25, 0.3) is 0 Å². The van der Waals surface area contributed by atoms with Crippen LogP contribution in [0.2, 0.25) is 5.15 Å². The molecule has 1 aliphatic rings. The number of halogens is 4. The summed E-state index contributed by atoms with van der Waals surface area (Å²) in [5.74, 6) is -0.178. The van der Waals surface area contributed by atoms with Gasteiger partial charge in [0.2, 0.25) is 11.8 Å². The van der Waals surface area contributed by atoms with Gasteiger partial charge in [-0.1, -0.05) is 18.5 Å². The molecule has 186 valence electrons. The molecule has 3 N–H and O–H groups in total. The maximum atomic E-state index is 12.9. The van der Waals surface area contributed by atoms with Crippen LogP contribution < -0.4 is 15.4 Å². The zero-order valence-electron chi connectivity index (χ0n) is 18.7. The van der Waals surface area contributed by atoms with Crippen molar-refractivity contribution in [1.29, 1.82) is 0 Å². The molecule has 3 aromatic rings. The number of carboxylic acid groups (broad SMARTS) is 1. The van der Waals surface area contributed by atoms with Gasteiger partial charge in [0.05, 0.1) is 5.52 Å². The first-order chi connectivity index (χ1) is 16.6. The van der Waals surface area contributed by atoms with Crippen molar-refractivity contribution >= 4 is 34.5 Å². The summed E-state index contributed by atoms with van der Waals surface area (Å²) in [5.41, 5.74) is 2.14. The molecule has 1 aromatic carbocycles. The number of hydrogen-bond donors (Lipinski definition) is 3. The van der Waals surface area contributed by atoms with Crippen LogP contribution in [0, 0.1) is 0 Å². The molecule has 1 saturated carbocycles. The maximum Gasteiger partial charge on any atom is 0.574 e. The Morgan fingerprint density at radius 2 is 1.89 bits per heavy atom. The minimum atomic E-state index is -4.91. The van der Waals surface area contributed by atoms with Gasteiger partial charge in [0.1, 0.15) is 5.15 Å². The lowest BCUT2D eigenvalue weighted by molar-refractivity contribution is -0.275. The highest BCUT2D eigenvalue weighted by Gasteiger charge is 2.33. The van der Waals surface area contributed by atoms with Gasteiger partial charge in [-0.2, -0.15) is 0 Å². The third-order valence-electron chi connectivity index (χ3n) is 5.88. The SMILES string of the molecule is CCc1cc(-c2ccc(Cl)nc2OC(F)(F)F)cc2cnc(NC3CCC(NC(=O)O)CC3)nc12. The molecule has 1 fully saturated rings. The van der Waals surface area contributed by atoms with Gasteiger partial charge in [-0.25, -0.2) is 19.7 Å². The molecule has 0 saturated heterocycles. The van der Waals surface area contributed by atoms with Crippen LogP contribution >= 0.6 is 11.6 Å². The number of aromatic nitrogens is 3. The third kappa shape index (κ3) is 6.21. The highest BCUT2D eigenvalue weighted by molar-refractivity contribution is 6.29. The Morgan fingerprint density at radius 3 is 2.54 bits per heavy atom. The van der Waals surface area contributed by atoms with Crippen LogP contribution in [0.25, 0.3) is 22.0 Å². The lowest BCUT2D eigenvalue weighted by atomic mass is 9.91. The molecule has 4 rings (SSSR count). The van der Waals surface area contributed by atoms with Crippen LogP contribution in [0.1, 0.15) is 38.2 Å². The third-order valence-corrected chi connectivity index (χ3v) is 6.09. The normalized spacial score (nSPS) is 18.3. The molecule has 8 nitrogen and oxygen atoms in total. The molecule has 35 heavy (non-hydrogen) atoms. The van der Waals surface area contributed by atoms with E-state index in [0.717, 1.165) is 31.2 Å². The number of fused-ring (bicyclic) bond motifs is 1. The van der Waals surface area contributed by atoms with Crippen LogP contribution in [-0.2, 0) is 6.42 Å². The number of alkyl halides is 3. The largest absolute Gasteiger partial charge is 0.574 e. The number of hydrogen-bond acceptors (Lipinski definition) is 6. The highest BCUT2D eigenvalue weighted by atomic mass is 35.5. The molecule has 1 amide bonds. The fraction of sp³-hybridized carbons (Fsp3) is 0.391. The monoisotopic (exact) mass is 509 g/mol. The van der Waals surface area contributed by atoms with Crippen LogP contribution in [0.5, 0.6) is 5.88 Å². The van der Waals surface area contributed by atoms with Crippen LogP contribution in [0.15, 0.2) is 30.5 Å². The first-order valence-electron chi connectivity index (χ1n) is 11.1. The average molecular weight is 510 g/mol. The van der Waals surface area contributed by atoms with Crippen molar-refractivity contribution in [2.75, 3.05) is 5.32 Å². The smallest absolute Gasteiger partial charge is 0.465 e. The molecule has 1 aliphatic carbocycles. The van der Waals surface area contributed by atoms with E-state index in [0.29, 0.717) is 28.8 Å². The Kier molecular flexibility index (Phi) is 7.15. The van der Waals surface area contributed by atoms with E-state index in [1.807, 2.05) is 6.92 Å². The summed E-state index contributed by atoms with van der Waals surface area (Å²) in [5, 5.41) is 15.3. The second-order valence-electron chi connectivity index (χ2n) is 8.30. The van der Waals surface area contributed by atoms with Gasteiger partial charge in [0.15, 0.2) is 0 Å². The van der Waals surface area contributed by atoms with Gasteiger partial charge >= 0.3 is 12.5 Å². The first-order valence-corrected chi connectivity index (χ1v) is 11.5. The quantitative estimate of drug-likeness (QED) is 0.360. The fourth-order valence-corrected chi connectivity index (χ4v) is 4.42. The molecule has 2 heterocycles. The topological polar surface area (TPSA) is 109 Å². The van der Waals surface area contributed by atoms with Gasteiger partial charge in [-0.05, 0) is 67.5 Å². The predicted octanol–water partition coefficient (Wildman–Crippen LogP) is 5.80. The van der Waals surface area contributed by atoms with E-state index in [4.69, 9.17) is 16.7 Å². The Morgan fingerprint density at radius 1 is 1.17 bits per heavy atom. The Labute approximate surface area is 203 Å². The second kappa shape index (κ2) is 10.1. The molecular formula is C23H23ClF3N5O3. The minimum Gasteiger partial charge on any atom is -0.465 e. The Bertz CT molecular complexity index is 1230. The van der Waals surface area contributed by atoms with Gasteiger partial charge in [-0.3, -0.25) is 0 Å². The number of aryl methyl sites for hydroxylation is 1. The maximum absolute atomic E-state index is 12.9. The molecular weight excluding hydrogens is 487 g/mol. The molecule has 12 heteroatoms. The number of ether oxygens (including phenoxy) is 1. The van der Waals surface area contributed by atoms with Crippen LogP contribution in [0.4, 0.5) is 23.9 Å². The van der Waals surface area contributed by atoms with Crippen molar-refractivity contribution < 1.29 is 27.8 Å². The summed E-state index contributed by atoms with van der Waals surface area (Å²) in [6.45, 7) is 1.93. The fourth-order valence-electron chi connectivity index (χ4n) is 4.28. The number of benzene rings is 1. The van der Waals surface area contributed by atoms with Crippen LogP contribution in [0.3, 0.4) is 0 Å². The number of nitrogens with zero attached hydrogens (tertiary/aromatic N) is 3. The summed E-state index contributed by atoms with van der Waals surface area (Å²) in [6.07, 6.45) is -0.728. The molecule has 0 atom stereocenters. The number of carbonyl (C=O) groups is 1. The molecule has 0 aliphatic heterocycles. The molecule has 0 radical (unpaired) electrons. The molecule has 0 bridgehead atoms. The number of rotatable bonds is 6. The van der Waals surface area contributed by atoms with Crippen molar-refractivity contribution in [2.24, 2.45) is 0 Å². The van der Waals surface area contributed by atoms with E-state index < -0.39 is 18.3 Å². The first kappa shape index (κ1) is 24.8. The zero-order valence-corrected chi connectivity index (χ0v) is 19.5. The van der Waals surface area contributed by atoms with Gasteiger partial charge < -0.3 is 20.5 Å².